The van der Waals surface area contributed by atoms with Crippen molar-refractivity contribution >= 4 is 11.6 Å². The van der Waals surface area contributed by atoms with Gasteiger partial charge in [0.1, 0.15) is 23.8 Å². The average molecular weight is 312 g/mol. The van der Waals surface area contributed by atoms with Gasteiger partial charge in [-0.2, -0.15) is 0 Å². The zero-order valence-electron chi connectivity index (χ0n) is 14.0. The minimum Gasteiger partial charge on any atom is -0.367 e. The van der Waals surface area contributed by atoms with Crippen LogP contribution < -0.4 is 10.2 Å². The largest absolute Gasteiger partial charge is 0.367 e. The molecule has 122 valence electrons. The summed E-state index contributed by atoms with van der Waals surface area (Å²) in [5.74, 6) is 3.23. The molecule has 1 fully saturated rings. The molecule has 1 N–H and O–H groups in total. The lowest BCUT2D eigenvalue weighted by Gasteiger charge is -2.33. The van der Waals surface area contributed by atoms with Crippen LogP contribution in [0.15, 0.2) is 24.7 Å². The predicted molar refractivity (Wildman–Crippen MR) is 91.7 cm³/mol. The van der Waals surface area contributed by atoms with Crippen molar-refractivity contribution in [1.29, 1.82) is 0 Å². The summed E-state index contributed by atoms with van der Waals surface area (Å²) >= 11 is 0. The van der Waals surface area contributed by atoms with Crippen molar-refractivity contribution < 1.29 is 0 Å². The van der Waals surface area contributed by atoms with Crippen LogP contribution in [-0.4, -0.2) is 39.1 Å². The molecule has 3 rings (SSSR count). The first-order chi connectivity index (χ1) is 11.1. The topological polar surface area (TPSA) is 66.8 Å². The number of rotatable bonds is 4. The van der Waals surface area contributed by atoms with Crippen LogP contribution in [-0.2, 0) is 0 Å². The Morgan fingerprint density at radius 2 is 1.96 bits per heavy atom. The van der Waals surface area contributed by atoms with Crippen LogP contribution in [0.4, 0.5) is 11.6 Å². The van der Waals surface area contributed by atoms with Crippen molar-refractivity contribution in [3.63, 3.8) is 0 Å². The van der Waals surface area contributed by atoms with Crippen LogP contribution in [0.2, 0.25) is 0 Å². The molecule has 1 saturated heterocycles. The molecule has 1 aliphatic heterocycles. The second-order valence-electron chi connectivity index (χ2n) is 6.38. The Hall–Kier alpha value is -2.24. The number of anilines is 2. The van der Waals surface area contributed by atoms with E-state index in [1.807, 2.05) is 25.3 Å². The SMILES string of the molecule is Cc1cc(NC2CCN(c3ccnc(C(C)C)n3)CC2)ncn1. The first kappa shape index (κ1) is 15.6. The average Bonchev–Trinajstić information content (AvgIpc) is 2.56. The van der Waals surface area contributed by atoms with Gasteiger partial charge in [-0.15, -0.1) is 0 Å². The monoisotopic (exact) mass is 312 g/mol. The number of aromatic nitrogens is 4. The Labute approximate surface area is 137 Å². The van der Waals surface area contributed by atoms with Gasteiger partial charge in [-0.25, -0.2) is 19.9 Å². The summed E-state index contributed by atoms with van der Waals surface area (Å²) in [6.45, 7) is 8.22. The van der Waals surface area contributed by atoms with E-state index in [2.05, 4.69) is 39.0 Å². The van der Waals surface area contributed by atoms with E-state index in [0.717, 1.165) is 49.1 Å². The molecule has 0 atom stereocenters. The van der Waals surface area contributed by atoms with Crippen LogP contribution in [0.3, 0.4) is 0 Å². The summed E-state index contributed by atoms with van der Waals surface area (Å²) in [6, 6.07) is 4.45. The molecule has 0 amide bonds. The van der Waals surface area contributed by atoms with Crippen molar-refractivity contribution in [1.82, 2.24) is 19.9 Å². The molecule has 3 heterocycles. The zero-order chi connectivity index (χ0) is 16.2. The van der Waals surface area contributed by atoms with Crippen LogP contribution >= 0.6 is 0 Å². The third kappa shape index (κ3) is 3.94. The van der Waals surface area contributed by atoms with E-state index >= 15 is 0 Å². The second kappa shape index (κ2) is 6.89. The molecule has 2 aromatic heterocycles. The van der Waals surface area contributed by atoms with Crippen molar-refractivity contribution in [2.75, 3.05) is 23.3 Å². The Morgan fingerprint density at radius 3 is 2.65 bits per heavy atom. The van der Waals surface area contributed by atoms with Crippen molar-refractivity contribution in [3.05, 3.63) is 36.2 Å². The quantitative estimate of drug-likeness (QED) is 0.936. The van der Waals surface area contributed by atoms with Crippen molar-refractivity contribution in [2.24, 2.45) is 0 Å². The molecule has 6 nitrogen and oxygen atoms in total. The highest BCUT2D eigenvalue weighted by Gasteiger charge is 2.21. The molecular formula is C17H24N6. The van der Waals surface area contributed by atoms with E-state index in [-0.39, 0.29) is 0 Å². The van der Waals surface area contributed by atoms with Crippen LogP contribution in [0.25, 0.3) is 0 Å². The number of hydrogen-bond acceptors (Lipinski definition) is 6. The van der Waals surface area contributed by atoms with Gasteiger partial charge in [0.25, 0.3) is 0 Å². The first-order valence-electron chi connectivity index (χ1n) is 8.25. The molecule has 0 bridgehead atoms. The third-order valence-electron chi connectivity index (χ3n) is 4.15. The highest BCUT2D eigenvalue weighted by Crippen LogP contribution is 2.21. The van der Waals surface area contributed by atoms with Gasteiger partial charge in [0.2, 0.25) is 0 Å². The van der Waals surface area contributed by atoms with Gasteiger partial charge < -0.3 is 10.2 Å². The smallest absolute Gasteiger partial charge is 0.133 e. The van der Waals surface area contributed by atoms with Crippen LogP contribution in [0.1, 0.15) is 44.1 Å². The molecule has 6 heteroatoms. The molecule has 0 radical (unpaired) electrons. The Kier molecular flexibility index (Phi) is 4.69. The predicted octanol–water partition coefficient (Wildman–Crippen LogP) is 2.78. The summed E-state index contributed by atoms with van der Waals surface area (Å²) in [6.07, 6.45) is 5.63. The molecular weight excluding hydrogens is 288 g/mol. The first-order valence-corrected chi connectivity index (χ1v) is 8.25. The molecule has 0 aromatic carbocycles. The van der Waals surface area contributed by atoms with Crippen molar-refractivity contribution in [3.8, 4) is 0 Å². The molecule has 0 aliphatic carbocycles. The second-order valence-corrected chi connectivity index (χ2v) is 6.38. The molecule has 0 spiro atoms. The Bertz CT molecular complexity index is 649. The highest BCUT2D eigenvalue weighted by molar-refractivity contribution is 5.40. The molecule has 23 heavy (non-hydrogen) atoms. The van der Waals surface area contributed by atoms with Gasteiger partial charge in [0.05, 0.1) is 0 Å². The third-order valence-corrected chi connectivity index (χ3v) is 4.15. The highest BCUT2D eigenvalue weighted by atomic mass is 15.2. The number of nitrogens with zero attached hydrogens (tertiary/aromatic N) is 5. The van der Waals surface area contributed by atoms with Crippen molar-refractivity contribution in [2.45, 2.75) is 45.6 Å². The van der Waals surface area contributed by atoms with E-state index in [1.165, 1.54) is 0 Å². The Balaban J connectivity index is 1.59. The fourth-order valence-corrected chi connectivity index (χ4v) is 2.81. The normalized spacial score (nSPS) is 15.9. The summed E-state index contributed by atoms with van der Waals surface area (Å²) < 4.78 is 0. The molecule has 0 saturated carbocycles. The molecule has 2 aromatic rings. The maximum Gasteiger partial charge on any atom is 0.133 e. The molecule has 0 unspecified atom stereocenters. The van der Waals surface area contributed by atoms with E-state index in [0.29, 0.717) is 12.0 Å². The van der Waals surface area contributed by atoms with Gasteiger partial charge in [-0.05, 0) is 25.8 Å². The standard InChI is InChI=1S/C17H24N6/c1-12(2)17-18-7-4-16(22-17)23-8-5-14(6-9-23)21-15-10-13(3)19-11-20-15/h4,7,10-12,14H,5-6,8-9H2,1-3H3,(H,19,20,21). The number of aryl methyl sites for hydroxylation is 1. The van der Waals surface area contributed by atoms with E-state index in [4.69, 9.17) is 4.98 Å². The lowest BCUT2D eigenvalue weighted by molar-refractivity contribution is 0.521. The van der Waals surface area contributed by atoms with Crippen LogP contribution in [0.5, 0.6) is 0 Å². The van der Waals surface area contributed by atoms with Gasteiger partial charge in [-0.1, -0.05) is 13.8 Å². The van der Waals surface area contributed by atoms with E-state index in [9.17, 15) is 0 Å². The fourth-order valence-electron chi connectivity index (χ4n) is 2.81. The van der Waals surface area contributed by atoms with Crippen LogP contribution in [0, 0.1) is 6.92 Å². The summed E-state index contributed by atoms with van der Waals surface area (Å²) in [4.78, 5) is 19.8. The number of piperidine rings is 1. The maximum atomic E-state index is 4.69. The summed E-state index contributed by atoms with van der Waals surface area (Å²) in [5.41, 5.74) is 0.988. The minimum atomic E-state index is 0.357. The van der Waals surface area contributed by atoms with Gasteiger partial charge in [0.15, 0.2) is 0 Å². The minimum absolute atomic E-state index is 0.357. The van der Waals surface area contributed by atoms with E-state index < -0.39 is 0 Å². The zero-order valence-corrected chi connectivity index (χ0v) is 14.0. The summed E-state index contributed by atoms with van der Waals surface area (Å²) in [7, 11) is 0. The lowest BCUT2D eigenvalue weighted by atomic mass is 10.0. The van der Waals surface area contributed by atoms with E-state index in [1.54, 1.807) is 6.33 Å². The maximum absolute atomic E-state index is 4.69. The number of hydrogen-bond donors (Lipinski definition) is 1. The fraction of sp³-hybridized carbons (Fsp3) is 0.529. The summed E-state index contributed by atoms with van der Waals surface area (Å²) in [5, 5.41) is 3.51. The van der Waals surface area contributed by atoms with Gasteiger partial charge in [0, 0.05) is 43.0 Å². The Morgan fingerprint density at radius 1 is 1.17 bits per heavy atom. The molecule has 1 aliphatic rings. The van der Waals surface area contributed by atoms with Gasteiger partial charge in [-0.3, -0.25) is 0 Å². The number of nitrogens with one attached hydrogen (secondary N) is 1. The lowest BCUT2D eigenvalue weighted by Crippen LogP contribution is -2.39. The van der Waals surface area contributed by atoms with Gasteiger partial charge >= 0.3 is 0 Å².